The molecular formula is C12H13N3O2. The van der Waals surface area contributed by atoms with E-state index in [4.69, 9.17) is 10.8 Å². The Morgan fingerprint density at radius 1 is 1.53 bits per heavy atom. The van der Waals surface area contributed by atoms with E-state index in [0.29, 0.717) is 6.42 Å². The molecular weight excluding hydrogens is 218 g/mol. The molecule has 0 amide bonds. The van der Waals surface area contributed by atoms with Gasteiger partial charge in [-0.1, -0.05) is 12.1 Å². The standard InChI is InChI=1S/C12H13N3O2/c1-15-10-5-3-2-4-9(10)14-11(15)7-6-8(13)12(16)17/h2-6H,7,13H2,1H3,(H,16,17)/b8-6+. The van der Waals surface area contributed by atoms with Gasteiger partial charge in [-0.15, -0.1) is 0 Å². The predicted molar refractivity (Wildman–Crippen MR) is 64.3 cm³/mol. The predicted octanol–water partition coefficient (Wildman–Crippen LogP) is 1.04. The van der Waals surface area contributed by atoms with Gasteiger partial charge >= 0.3 is 5.97 Å². The molecule has 1 aromatic heterocycles. The number of rotatable bonds is 3. The summed E-state index contributed by atoms with van der Waals surface area (Å²) in [5, 5.41) is 8.65. The molecule has 3 N–H and O–H groups in total. The lowest BCUT2D eigenvalue weighted by atomic mass is 10.3. The molecule has 17 heavy (non-hydrogen) atoms. The molecule has 88 valence electrons. The average Bonchev–Trinajstić information content (AvgIpc) is 2.64. The van der Waals surface area contributed by atoms with Gasteiger partial charge in [0, 0.05) is 13.5 Å². The number of nitrogens with zero attached hydrogens (tertiary/aromatic N) is 2. The van der Waals surface area contributed by atoms with Crippen LogP contribution in [0.1, 0.15) is 5.82 Å². The third kappa shape index (κ3) is 2.13. The van der Waals surface area contributed by atoms with Crippen LogP contribution in [0.3, 0.4) is 0 Å². The topological polar surface area (TPSA) is 81.1 Å². The van der Waals surface area contributed by atoms with Crippen LogP contribution in [-0.2, 0) is 18.3 Å². The summed E-state index contributed by atoms with van der Waals surface area (Å²) in [5.41, 5.74) is 7.09. The van der Waals surface area contributed by atoms with E-state index < -0.39 is 5.97 Å². The highest BCUT2D eigenvalue weighted by Crippen LogP contribution is 2.14. The average molecular weight is 231 g/mol. The zero-order chi connectivity index (χ0) is 12.4. The van der Waals surface area contributed by atoms with Gasteiger partial charge in [0.2, 0.25) is 0 Å². The molecule has 0 saturated heterocycles. The Labute approximate surface area is 98.2 Å². The number of allylic oxidation sites excluding steroid dienone is 1. The molecule has 0 radical (unpaired) electrons. The molecule has 0 bridgehead atoms. The van der Waals surface area contributed by atoms with Crippen molar-refractivity contribution < 1.29 is 9.90 Å². The maximum absolute atomic E-state index is 10.6. The van der Waals surface area contributed by atoms with Gasteiger partial charge in [0.1, 0.15) is 11.5 Å². The molecule has 5 heteroatoms. The fourth-order valence-corrected chi connectivity index (χ4v) is 1.67. The monoisotopic (exact) mass is 231 g/mol. The van der Waals surface area contributed by atoms with Crippen LogP contribution in [0, 0.1) is 0 Å². The molecule has 0 saturated carbocycles. The van der Waals surface area contributed by atoms with Crippen molar-refractivity contribution in [3.63, 3.8) is 0 Å². The van der Waals surface area contributed by atoms with Crippen LogP contribution < -0.4 is 5.73 Å². The zero-order valence-electron chi connectivity index (χ0n) is 9.42. The van der Waals surface area contributed by atoms with Crippen molar-refractivity contribution >= 4 is 17.0 Å². The van der Waals surface area contributed by atoms with Crippen LogP contribution in [0.2, 0.25) is 0 Å². The Morgan fingerprint density at radius 3 is 2.88 bits per heavy atom. The fraction of sp³-hybridized carbons (Fsp3) is 0.167. The number of para-hydroxylation sites is 2. The second-order valence-electron chi connectivity index (χ2n) is 3.74. The maximum Gasteiger partial charge on any atom is 0.351 e. The molecule has 0 atom stereocenters. The van der Waals surface area contributed by atoms with Crippen molar-refractivity contribution in [2.24, 2.45) is 12.8 Å². The van der Waals surface area contributed by atoms with E-state index in [-0.39, 0.29) is 5.70 Å². The number of carboxylic acids is 1. The number of aryl methyl sites for hydroxylation is 1. The SMILES string of the molecule is Cn1c(C/C=C(/N)C(=O)O)nc2ccccc21. The summed E-state index contributed by atoms with van der Waals surface area (Å²) < 4.78 is 1.93. The first-order valence-corrected chi connectivity index (χ1v) is 5.19. The van der Waals surface area contributed by atoms with E-state index in [2.05, 4.69) is 4.98 Å². The first-order chi connectivity index (χ1) is 8.09. The van der Waals surface area contributed by atoms with E-state index in [9.17, 15) is 4.79 Å². The van der Waals surface area contributed by atoms with Gasteiger partial charge in [-0.3, -0.25) is 0 Å². The van der Waals surface area contributed by atoms with E-state index in [1.807, 2.05) is 35.9 Å². The molecule has 0 spiro atoms. The highest BCUT2D eigenvalue weighted by molar-refractivity contribution is 5.85. The van der Waals surface area contributed by atoms with Gasteiger partial charge in [0.15, 0.2) is 0 Å². The molecule has 5 nitrogen and oxygen atoms in total. The van der Waals surface area contributed by atoms with Crippen LogP contribution in [-0.4, -0.2) is 20.6 Å². The summed E-state index contributed by atoms with van der Waals surface area (Å²) in [6, 6.07) is 7.75. The number of benzene rings is 1. The minimum absolute atomic E-state index is 0.156. The molecule has 0 aliphatic carbocycles. The number of carboxylic acid groups (broad SMARTS) is 1. The zero-order valence-corrected chi connectivity index (χ0v) is 9.42. The van der Waals surface area contributed by atoms with Crippen LogP contribution in [0.5, 0.6) is 0 Å². The number of aliphatic carboxylic acids is 1. The van der Waals surface area contributed by atoms with Crippen molar-refractivity contribution in [3.8, 4) is 0 Å². The van der Waals surface area contributed by atoms with Crippen molar-refractivity contribution in [2.45, 2.75) is 6.42 Å². The number of hydrogen-bond donors (Lipinski definition) is 2. The summed E-state index contributed by atoms with van der Waals surface area (Å²) in [5.74, 6) is -0.320. The van der Waals surface area contributed by atoms with Crippen LogP contribution >= 0.6 is 0 Å². The Kier molecular flexibility index (Phi) is 2.82. The maximum atomic E-state index is 10.6. The van der Waals surface area contributed by atoms with Gasteiger partial charge in [-0.05, 0) is 18.2 Å². The van der Waals surface area contributed by atoms with Crippen molar-refractivity contribution in [1.82, 2.24) is 9.55 Å². The minimum Gasteiger partial charge on any atom is -0.477 e. The van der Waals surface area contributed by atoms with Crippen LogP contribution in [0.15, 0.2) is 36.0 Å². The Bertz CT molecular complexity index is 599. The number of carbonyl (C=O) groups is 1. The molecule has 0 unspecified atom stereocenters. The summed E-state index contributed by atoms with van der Waals surface area (Å²) in [6.07, 6.45) is 1.87. The van der Waals surface area contributed by atoms with E-state index in [0.717, 1.165) is 16.9 Å². The third-order valence-electron chi connectivity index (χ3n) is 2.63. The second-order valence-corrected chi connectivity index (χ2v) is 3.74. The highest BCUT2D eigenvalue weighted by atomic mass is 16.4. The Morgan fingerprint density at radius 2 is 2.24 bits per heavy atom. The Hall–Kier alpha value is -2.30. The normalized spacial score (nSPS) is 11.9. The largest absolute Gasteiger partial charge is 0.477 e. The molecule has 2 rings (SSSR count). The third-order valence-corrected chi connectivity index (χ3v) is 2.63. The number of aromatic nitrogens is 2. The van der Waals surface area contributed by atoms with Gasteiger partial charge in [-0.25, -0.2) is 9.78 Å². The quantitative estimate of drug-likeness (QED) is 0.773. The van der Waals surface area contributed by atoms with E-state index in [1.165, 1.54) is 6.08 Å². The Balaban J connectivity index is 2.34. The lowest BCUT2D eigenvalue weighted by Crippen LogP contribution is -2.10. The summed E-state index contributed by atoms with van der Waals surface area (Å²) in [6.45, 7) is 0. The second kappa shape index (κ2) is 4.29. The van der Waals surface area contributed by atoms with Crippen molar-refractivity contribution in [1.29, 1.82) is 0 Å². The van der Waals surface area contributed by atoms with Gasteiger partial charge in [0.05, 0.1) is 11.0 Å². The first-order valence-electron chi connectivity index (χ1n) is 5.19. The van der Waals surface area contributed by atoms with Crippen LogP contribution in [0.25, 0.3) is 11.0 Å². The smallest absolute Gasteiger partial charge is 0.351 e. The highest BCUT2D eigenvalue weighted by Gasteiger charge is 2.07. The van der Waals surface area contributed by atoms with E-state index >= 15 is 0 Å². The summed E-state index contributed by atoms with van der Waals surface area (Å²) >= 11 is 0. The first kappa shape index (κ1) is 11.2. The van der Waals surface area contributed by atoms with Gasteiger partial charge in [-0.2, -0.15) is 0 Å². The molecule has 0 aliphatic heterocycles. The molecule has 0 aliphatic rings. The fourth-order valence-electron chi connectivity index (χ4n) is 1.67. The minimum atomic E-state index is -1.11. The lowest BCUT2D eigenvalue weighted by Gasteiger charge is -1.99. The van der Waals surface area contributed by atoms with Gasteiger partial charge in [0.25, 0.3) is 0 Å². The van der Waals surface area contributed by atoms with E-state index in [1.54, 1.807) is 0 Å². The number of fused-ring (bicyclic) bond motifs is 1. The molecule has 0 fully saturated rings. The molecule has 1 aromatic carbocycles. The van der Waals surface area contributed by atoms with Crippen molar-refractivity contribution in [2.75, 3.05) is 0 Å². The van der Waals surface area contributed by atoms with Crippen LogP contribution in [0.4, 0.5) is 0 Å². The lowest BCUT2D eigenvalue weighted by molar-refractivity contribution is -0.132. The summed E-state index contributed by atoms with van der Waals surface area (Å²) in [4.78, 5) is 15.0. The number of nitrogens with two attached hydrogens (primary N) is 1. The number of hydrogen-bond acceptors (Lipinski definition) is 3. The number of imidazole rings is 1. The molecule has 1 heterocycles. The molecule has 2 aromatic rings. The van der Waals surface area contributed by atoms with Crippen molar-refractivity contribution in [3.05, 3.63) is 41.9 Å². The summed E-state index contributed by atoms with van der Waals surface area (Å²) in [7, 11) is 1.90. The van der Waals surface area contributed by atoms with Gasteiger partial charge < -0.3 is 15.4 Å².